The number of fused-ring (bicyclic) bond motifs is 1. The Labute approximate surface area is 152 Å². The number of nitrogens with one attached hydrogen (secondary N) is 1. The molecule has 0 spiro atoms. The Morgan fingerprint density at radius 2 is 2.00 bits per heavy atom. The van der Waals surface area contributed by atoms with Gasteiger partial charge in [-0.2, -0.15) is 0 Å². The fourth-order valence-corrected chi connectivity index (χ4v) is 3.66. The molecular weight excluding hydrogens is 332 g/mol. The maximum absolute atomic E-state index is 12.6. The van der Waals surface area contributed by atoms with E-state index in [-0.39, 0.29) is 17.5 Å². The zero-order chi connectivity index (χ0) is 18.3. The summed E-state index contributed by atoms with van der Waals surface area (Å²) in [5.41, 5.74) is 3.24. The van der Waals surface area contributed by atoms with Gasteiger partial charge < -0.3 is 25.2 Å². The van der Waals surface area contributed by atoms with Crippen molar-refractivity contribution in [3.63, 3.8) is 0 Å². The van der Waals surface area contributed by atoms with E-state index in [0.29, 0.717) is 23.6 Å². The van der Waals surface area contributed by atoms with Crippen molar-refractivity contribution in [2.24, 2.45) is 0 Å². The van der Waals surface area contributed by atoms with E-state index in [0.717, 1.165) is 30.9 Å². The van der Waals surface area contributed by atoms with Gasteiger partial charge in [0.2, 0.25) is 0 Å². The minimum atomic E-state index is -0.466. The van der Waals surface area contributed by atoms with Crippen LogP contribution < -0.4 is 10.2 Å². The van der Waals surface area contributed by atoms with Gasteiger partial charge in [-0.15, -0.1) is 0 Å². The lowest BCUT2D eigenvalue weighted by Gasteiger charge is -2.34. The maximum atomic E-state index is 12.6. The molecule has 6 nitrogen and oxygen atoms in total. The number of aromatic hydroxyl groups is 2. The number of nitrogens with zero attached hydrogens (tertiary/aromatic N) is 1. The summed E-state index contributed by atoms with van der Waals surface area (Å²) in [6.45, 7) is 4.89. The van der Waals surface area contributed by atoms with Gasteiger partial charge in [-0.1, -0.05) is 12.1 Å². The summed E-state index contributed by atoms with van der Waals surface area (Å²) in [5, 5.41) is 22.6. The fraction of sp³-hybridized carbons (Fsp3) is 0.350. The number of carbonyl (C=O) groups is 1. The Bertz CT molecular complexity index is 852. The molecule has 0 bridgehead atoms. The number of carbonyl (C=O) groups excluding carboxylic acids is 1. The van der Waals surface area contributed by atoms with Gasteiger partial charge in [-0.05, 0) is 42.3 Å². The van der Waals surface area contributed by atoms with E-state index in [1.807, 2.05) is 12.1 Å². The number of cyclic esters (lactones) is 1. The first kappa shape index (κ1) is 16.7. The van der Waals surface area contributed by atoms with Gasteiger partial charge in [0.05, 0.1) is 5.56 Å². The third kappa shape index (κ3) is 3.08. The summed E-state index contributed by atoms with van der Waals surface area (Å²) >= 11 is 0. The summed E-state index contributed by atoms with van der Waals surface area (Å²) in [6, 6.07) is 10.9. The normalized spacial score (nSPS) is 22.7. The SMILES string of the molecule is C[C@H]1CN(c2ccc3c(c2)C(=O)OC(c2ccc(O)c(O)c2)C3)CCN1. The molecule has 6 heteroatoms. The first-order valence-electron chi connectivity index (χ1n) is 8.85. The summed E-state index contributed by atoms with van der Waals surface area (Å²) < 4.78 is 5.59. The highest BCUT2D eigenvalue weighted by molar-refractivity contribution is 5.93. The molecule has 2 aliphatic heterocycles. The molecule has 1 saturated heterocycles. The van der Waals surface area contributed by atoms with Gasteiger partial charge in [0.1, 0.15) is 6.10 Å². The molecule has 2 aromatic carbocycles. The number of ether oxygens (including phenoxy) is 1. The molecule has 3 N–H and O–H groups in total. The number of phenols is 2. The molecular formula is C20H22N2O4. The number of benzene rings is 2. The first-order valence-corrected chi connectivity index (χ1v) is 8.85. The molecule has 0 radical (unpaired) electrons. The molecule has 0 aromatic heterocycles. The van der Waals surface area contributed by atoms with Crippen LogP contribution >= 0.6 is 0 Å². The van der Waals surface area contributed by atoms with E-state index < -0.39 is 6.10 Å². The lowest BCUT2D eigenvalue weighted by molar-refractivity contribution is 0.0252. The van der Waals surface area contributed by atoms with E-state index >= 15 is 0 Å². The lowest BCUT2D eigenvalue weighted by atomic mass is 9.94. The summed E-state index contributed by atoms with van der Waals surface area (Å²) in [5.74, 6) is -0.757. The van der Waals surface area contributed by atoms with E-state index in [2.05, 4.69) is 23.2 Å². The molecule has 26 heavy (non-hydrogen) atoms. The lowest BCUT2D eigenvalue weighted by Crippen LogP contribution is -2.49. The molecule has 1 fully saturated rings. The highest BCUT2D eigenvalue weighted by atomic mass is 16.5. The largest absolute Gasteiger partial charge is 0.504 e. The molecule has 136 valence electrons. The molecule has 0 aliphatic carbocycles. The van der Waals surface area contributed by atoms with Gasteiger partial charge >= 0.3 is 5.97 Å². The average molecular weight is 354 g/mol. The van der Waals surface area contributed by atoms with Crippen LogP contribution in [0.25, 0.3) is 0 Å². The zero-order valence-electron chi connectivity index (χ0n) is 14.6. The van der Waals surface area contributed by atoms with Crippen LogP contribution in [-0.4, -0.2) is 41.9 Å². The molecule has 2 aliphatic rings. The van der Waals surface area contributed by atoms with Gasteiger partial charge in [0.15, 0.2) is 11.5 Å². The zero-order valence-corrected chi connectivity index (χ0v) is 14.6. The predicted molar refractivity (Wildman–Crippen MR) is 97.8 cm³/mol. The topological polar surface area (TPSA) is 82.0 Å². The van der Waals surface area contributed by atoms with Crippen LogP contribution in [0.15, 0.2) is 36.4 Å². The number of anilines is 1. The van der Waals surface area contributed by atoms with Gasteiger partial charge in [0, 0.05) is 37.8 Å². The number of rotatable bonds is 2. The third-order valence-electron chi connectivity index (χ3n) is 5.07. The Balaban J connectivity index is 1.59. The first-order chi connectivity index (χ1) is 12.5. The maximum Gasteiger partial charge on any atom is 0.339 e. The Morgan fingerprint density at radius 3 is 2.77 bits per heavy atom. The van der Waals surface area contributed by atoms with Gasteiger partial charge in [0.25, 0.3) is 0 Å². The second-order valence-electron chi connectivity index (χ2n) is 6.99. The van der Waals surface area contributed by atoms with Crippen molar-refractivity contribution in [2.75, 3.05) is 24.5 Å². The van der Waals surface area contributed by atoms with Crippen LogP contribution in [0.2, 0.25) is 0 Å². The Kier molecular flexibility index (Phi) is 4.20. The van der Waals surface area contributed by atoms with Gasteiger partial charge in [-0.3, -0.25) is 0 Å². The predicted octanol–water partition coefficient (Wildman–Crippen LogP) is 2.35. The summed E-state index contributed by atoms with van der Waals surface area (Å²) in [4.78, 5) is 14.8. The Hall–Kier alpha value is -2.73. The van der Waals surface area contributed by atoms with Crippen molar-refractivity contribution in [1.29, 1.82) is 0 Å². The molecule has 2 atom stereocenters. The molecule has 0 amide bonds. The van der Waals surface area contributed by atoms with E-state index in [1.165, 1.54) is 12.1 Å². The summed E-state index contributed by atoms with van der Waals surface area (Å²) in [6.07, 6.45) is 0.0790. The van der Waals surface area contributed by atoms with Crippen molar-refractivity contribution >= 4 is 11.7 Å². The van der Waals surface area contributed by atoms with Crippen LogP contribution in [0, 0.1) is 0 Å². The van der Waals surface area contributed by atoms with E-state index in [4.69, 9.17) is 4.74 Å². The van der Waals surface area contributed by atoms with Crippen LogP contribution in [0.3, 0.4) is 0 Å². The molecule has 1 unspecified atom stereocenters. The quantitative estimate of drug-likeness (QED) is 0.567. The molecule has 2 aromatic rings. The highest BCUT2D eigenvalue weighted by Crippen LogP contribution is 2.35. The number of piperazine rings is 1. The standard InChI is InChI=1S/C20H22N2O4/c1-12-11-22(7-6-21-12)15-4-2-13-9-19(26-20(25)16(13)10-15)14-3-5-17(23)18(24)8-14/h2-5,8,10,12,19,21,23-24H,6-7,9,11H2,1H3/t12-,19?/m0/s1. The van der Waals surface area contributed by atoms with Crippen molar-refractivity contribution in [3.8, 4) is 11.5 Å². The number of phenolic OH excluding ortho intramolecular Hbond substituents is 2. The second kappa shape index (κ2) is 6.53. The smallest absolute Gasteiger partial charge is 0.339 e. The van der Waals surface area contributed by atoms with Crippen molar-refractivity contribution in [1.82, 2.24) is 5.32 Å². The molecule has 2 heterocycles. The number of hydrogen-bond acceptors (Lipinski definition) is 6. The monoisotopic (exact) mass is 354 g/mol. The van der Waals surface area contributed by atoms with Crippen LogP contribution in [0.4, 0.5) is 5.69 Å². The minimum absolute atomic E-state index is 0.189. The van der Waals surface area contributed by atoms with Gasteiger partial charge in [-0.25, -0.2) is 4.79 Å². The Morgan fingerprint density at radius 1 is 1.15 bits per heavy atom. The minimum Gasteiger partial charge on any atom is -0.504 e. The van der Waals surface area contributed by atoms with Crippen molar-refractivity contribution < 1.29 is 19.7 Å². The summed E-state index contributed by atoms with van der Waals surface area (Å²) in [7, 11) is 0. The molecule has 0 saturated carbocycles. The fourth-order valence-electron chi connectivity index (χ4n) is 3.66. The molecule has 4 rings (SSSR count). The highest BCUT2D eigenvalue weighted by Gasteiger charge is 2.29. The van der Waals surface area contributed by atoms with E-state index in [1.54, 1.807) is 6.07 Å². The average Bonchev–Trinajstić information content (AvgIpc) is 2.63. The van der Waals surface area contributed by atoms with Crippen LogP contribution in [0.1, 0.15) is 34.5 Å². The van der Waals surface area contributed by atoms with Crippen LogP contribution in [0.5, 0.6) is 11.5 Å². The second-order valence-corrected chi connectivity index (χ2v) is 6.99. The van der Waals surface area contributed by atoms with Crippen molar-refractivity contribution in [2.45, 2.75) is 25.5 Å². The van der Waals surface area contributed by atoms with E-state index in [9.17, 15) is 15.0 Å². The third-order valence-corrected chi connectivity index (χ3v) is 5.07. The van der Waals surface area contributed by atoms with Crippen molar-refractivity contribution in [3.05, 3.63) is 53.1 Å². The number of hydrogen-bond donors (Lipinski definition) is 3. The number of esters is 1. The van der Waals surface area contributed by atoms with Crippen LogP contribution in [-0.2, 0) is 11.2 Å².